The second-order valence-electron chi connectivity index (χ2n) is 9.55. The van der Waals surface area contributed by atoms with Crippen LogP contribution in [0.4, 0.5) is 56.6 Å². The Morgan fingerprint density at radius 3 is 2.16 bits per heavy atom. The molecular formula is C27H15Cl3F9N3O3. The van der Waals surface area contributed by atoms with Crippen molar-refractivity contribution in [3.8, 4) is 0 Å². The van der Waals surface area contributed by atoms with Gasteiger partial charge in [0, 0.05) is 11.6 Å². The van der Waals surface area contributed by atoms with E-state index in [0.29, 0.717) is 12.1 Å². The molecule has 0 spiro atoms. The molecule has 1 fully saturated rings. The first kappa shape index (κ1) is 34.2. The van der Waals surface area contributed by atoms with E-state index in [2.05, 4.69) is 5.32 Å². The summed E-state index contributed by atoms with van der Waals surface area (Å²) < 4.78 is 118. The van der Waals surface area contributed by atoms with Crippen LogP contribution < -0.4 is 16.0 Å². The molecule has 1 unspecified atom stereocenters. The number of hydrogen-bond acceptors (Lipinski definition) is 3. The Labute approximate surface area is 261 Å². The van der Waals surface area contributed by atoms with Crippen LogP contribution in [0.15, 0.2) is 54.6 Å². The summed E-state index contributed by atoms with van der Waals surface area (Å²) in [5.41, 5.74) is -3.92. The van der Waals surface area contributed by atoms with E-state index in [-0.39, 0.29) is 16.3 Å². The molecule has 0 heterocycles. The molecule has 240 valence electrons. The normalized spacial score (nSPS) is 17.5. The highest BCUT2D eigenvalue weighted by atomic mass is 35.5. The monoisotopic (exact) mass is 705 g/mol. The maximum Gasteiger partial charge on any atom is 0.416 e. The zero-order chi connectivity index (χ0) is 33.6. The minimum absolute atomic E-state index is 0.0426. The van der Waals surface area contributed by atoms with E-state index in [1.807, 2.05) is 5.32 Å². The number of alkyl halides is 9. The SMILES string of the molecule is O=C(Nc1ccc(F)c(NC(=O)C(F)(F)C(F)F)c1F)c1cc(NC(=O)C2[C@H](c3cccc(C(F)(F)F)c3)C2(Cl)Cl)ccc1Cl. The van der Waals surface area contributed by atoms with Crippen molar-refractivity contribution in [3.05, 3.63) is 87.9 Å². The van der Waals surface area contributed by atoms with Crippen molar-refractivity contribution in [2.45, 2.75) is 28.8 Å². The quantitative estimate of drug-likeness (QED) is 0.163. The lowest BCUT2D eigenvalue weighted by molar-refractivity contribution is -0.163. The highest BCUT2D eigenvalue weighted by Gasteiger charge is 2.67. The fourth-order valence-corrected chi connectivity index (χ4v) is 5.25. The van der Waals surface area contributed by atoms with Gasteiger partial charge in [-0.05, 0) is 42.0 Å². The van der Waals surface area contributed by atoms with Crippen LogP contribution in [-0.4, -0.2) is 34.4 Å². The topological polar surface area (TPSA) is 87.3 Å². The average molecular weight is 707 g/mol. The van der Waals surface area contributed by atoms with Crippen LogP contribution in [0, 0.1) is 17.6 Å². The van der Waals surface area contributed by atoms with Gasteiger partial charge in [0.05, 0.1) is 27.8 Å². The Bertz CT molecular complexity index is 1690. The molecule has 0 aliphatic heterocycles. The van der Waals surface area contributed by atoms with Gasteiger partial charge in [-0.25, -0.2) is 17.6 Å². The second kappa shape index (κ2) is 12.2. The lowest BCUT2D eigenvalue weighted by Gasteiger charge is -2.17. The Balaban J connectivity index is 1.52. The van der Waals surface area contributed by atoms with Crippen molar-refractivity contribution in [1.29, 1.82) is 0 Å². The van der Waals surface area contributed by atoms with Crippen LogP contribution in [0.2, 0.25) is 5.02 Å². The van der Waals surface area contributed by atoms with Gasteiger partial charge in [-0.3, -0.25) is 14.4 Å². The largest absolute Gasteiger partial charge is 0.416 e. The predicted molar refractivity (Wildman–Crippen MR) is 146 cm³/mol. The minimum atomic E-state index is -5.29. The molecule has 2 atom stereocenters. The number of benzene rings is 3. The summed E-state index contributed by atoms with van der Waals surface area (Å²) >= 11 is 18.5. The van der Waals surface area contributed by atoms with Gasteiger partial charge >= 0.3 is 24.4 Å². The number of halogens is 12. The van der Waals surface area contributed by atoms with E-state index in [1.54, 1.807) is 0 Å². The minimum Gasteiger partial charge on any atom is -0.326 e. The fourth-order valence-electron chi connectivity index (χ4n) is 4.22. The van der Waals surface area contributed by atoms with E-state index in [0.717, 1.165) is 35.6 Å². The molecule has 18 heteroatoms. The molecule has 3 aromatic rings. The van der Waals surface area contributed by atoms with Crippen LogP contribution in [-0.2, 0) is 15.8 Å². The van der Waals surface area contributed by atoms with Crippen molar-refractivity contribution in [3.63, 3.8) is 0 Å². The maximum atomic E-state index is 14.9. The second-order valence-corrected chi connectivity index (χ2v) is 11.4. The highest BCUT2D eigenvalue weighted by molar-refractivity contribution is 6.53. The van der Waals surface area contributed by atoms with Gasteiger partial charge in [-0.15, -0.1) is 23.2 Å². The maximum absolute atomic E-state index is 14.9. The molecule has 3 amide bonds. The summed E-state index contributed by atoms with van der Waals surface area (Å²) in [5.74, 6) is -15.8. The molecule has 3 N–H and O–H groups in total. The number of nitrogens with one attached hydrogen (secondary N) is 3. The first-order valence-electron chi connectivity index (χ1n) is 12.2. The van der Waals surface area contributed by atoms with Crippen LogP contribution >= 0.6 is 34.8 Å². The number of anilines is 3. The zero-order valence-electron chi connectivity index (χ0n) is 21.7. The molecule has 6 nitrogen and oxygen atoms in total. The van der Waals surface area contributed by atoms with Gasteiger partial charge < -0.3 is 16.0 Å². The van der Waals surface area contributed by atoms with E-state index in [9.17, 15) is 53.9 Å². The van der Waals surface area contributed by atoms with Gasteiger partial charge in [0.25, 0.3) is 5.91 Å². The lowest BCUT2D eigenvalue weighted by atomic mass is 10.1. The molecule has 0 saturated heterocycles. The van der Waals surface area contributed by atoms with Crippen molar-refractivity contribution < 1.29 is 53.9 Å². The van der Waals surface area contributed by atoms with Gasteiger partial charge in [0.1, 0.15) is 15.8 Å². The van der Waals surface area contributed by atoms with E-state index < -0.39 is 86.6 Å². The van der Waals surface area contributed by atoms with Crippen molar-refractivity contribution in [1.82, 2.24) is 0 Å². The van der Waals surface area contributed by atoms with E-state index in [4.69, 9.17) is 34.8 Å². The van der Waals surface area contributed by atoms with E-state index in [1.165, 1.54) is 12.1 Å². The third-order valence-corrected chi connectivity index (χ3v) is 7.81. The summed E-state index contributed by atoms with van der Waals surface area (Å²) in [6, 6.07) is 8.47. The summed E-state index contributed by atoms with van der Waals surface area (Å²) in [6.07, 6.45) is -9.15. The first-order chi connectivity index (χ1) is 20.8. The van der Waals surface area contributed by atoms with Gasteiger partial charge in [-0.2, -0.15) is 22.0 Å². The standard InChI is InChI=1S/C27H15Cl3F9N3O3/c28-14-5-4-12(40-22(44)18-17(25(18,29)30)10-2-1-3-11(8-10)27(37,38)39)9-13(14)21(43)41-16-7-6-15(31)20(19(16)32)42-24(45)26(35,36)23(33)34/h1-9,17-18,23H,(H,40,44)(H,41,43)(H,42,45)/t17-,18?/m0/s1. The fraction of sp³-hybridized carbons (Fsp3) is 0.222. The van der Waals surface area contributed by atoms with Gasteiger partial charge in [0.2, 0.25) is 5.91 Å². The predicted octanol–water partition coefficient (Wildman–Crippen LogP) is 8.25. The van der Waals surface area contributed by atoms with Crippen LogP contribution in [0.1, 0.15) is 27.4 Å². The summed E-state index contributed by atoms with van der Waals surface area (Å²) in [5, 5.41) is 5.09. The zero-order valence-corrected chi connectivity index (χ0v) is 24.0. The number of hydrogen-bond donors (Lipinski definition) is 3. The Morgan fingerprint density at radius 1 is 0.867 bits per heavy atom. The van der Waals surface area contributed by atoms with Crippen molar-refractivity contribution in [2.24, 2.45) is 5.92 Å². The number of carbonyl (C=O) groups excluding carboxylic acids is 3. The van der Waals surface area contributed by atoms with Crippen molar-refractivity contribution >= 4 is 69.6 Å². The third-order valence-electron chi connectivity index (χ3n) is 6.54. The van der Waals surface area contributed by atoms with Gasteiger partial charge in [-0.1, -0.05) is 29.8 Å². The molecule has 1 aliphatic rings. The Hall–Kier alpha value is -3.69. The summed E-state index contributed by atoms with van der Waals surface area (Å²) in [7, 11) is 0. The smallest absolute Gasteiger partial charge is 0.326 e. The highest BCUT2D eigenvalue weighted by Crippen LogP contribution is 2.65. The van der Waals surface area contributed by atoms with Crippen molar-refractivity contribution in [2.75, 3.05) is 16.0 Å². The van der Waals surface area contributed by atoms with Crippen LogP contribution in [0.25, 0.3) is 0 Å². The van der Waals surface area contributed by atoms with Crippen LogP contribution in [0.3, 0.4) is 0 Å². The molecule has 1 aliphatic carbocycles. The summed E-state index contributed by atoms with van der Waals surface area (Å²) in [6.45, 7) is 0. The Kier molecular flexibility index (Phi) is 9.31. The first-order valence-corrected chi connectivity index (χ1v) is 13.3. The Morgan fingerprint density at radius 2 is 1.53 bits per heavy atom. The molecule has 4 rings (SSSR count). The molecule has 0 aromatic heterocycles. The number of amides is 3. The molecule has 3 aromatic carbocycles. The molecule has 0 bridgehead atoms. The molecule has 0 radical (unpaired) electrons. The molecule has 1 saturated carbocycles. The third kappa shape index (κ3) is 6.94. The molecular weight excluding hydrogens is 692 g/mol. The lowest BCUT2D eigenvalue weighted by Crippen LogP contribution is -2.41. The van der Waals surface area contributed by atoms with E-state index >= 15 is 0 Å². The number of carbonyl (C=O) groups is 3. The number of rotatable bonds is 8. The van der Waals surface area contributed by atoms with Gasteiger partial charge in [0.15, 0.2) is 5.82 Å². The molecule has 45 heavy (non-hydrogen) atoms. The summed E-state index contributed by atoms with van der Waals surface area (Å²) in [4.78, 5) is 37.3. The van der Waals surface area contributed by atoms with Crippen LogP contribution in [0.5, 0.6) is 0 Å². The average Bonchev–Trinajstić information content (AvgIpc) is 3.54.